The van der Waals surface area contributed by atoms with Gasteiger partial charge in [-0.3, -0.25) is 0 Å². The summed E-state index contributed by atoms with van der Waals surface area (Å²) in [5.41, 5.74) is 0.334. The molecule has 0 saturated heterocycles. The van der Waals surface area contributed by atoms with Gasteiger partial charge in [0.05, 0.1) is 5.56 Å². The van der Waals surface area contributed by atoms with Crippen molar-refractivity contribution in [2.24, 2.45) is 0 Å². The van der Waals surface area contributed by atoms with Gasteiger partial charge in [0.15, 0.2) is 0 Å². The predicted molar refractivity (Wildman–Crippen MR) is 131 cm³/mol. The van der Waals surface area contributed by atoms with Crippen molar-refractivity contribution in [2.75, 3.05) is 0 Å². The highest BCUT2D eigenvalue weighted by Crippen LogP contribution is 2.34. The molecule has 8 heteroatoms. The van der Waals surface area contributed by atoms with E-state index in [2.05, 4.69) is 0 Å². The maximum atomic E-state index is 14.9. The topological polar surface area (TPSA) is 0 Å². The molecule has 38 heavy (non-hydrogen) atoms. The largest absolute Gasteiger partial charge is 0.409 e. The van der Waals surface area contributed by atoms with Crippen LogP contribution in [0.15, 0.2) is 72.8 Å². The molecule has 4 aromatic rings. The van der Waals surface area contributed by atoms with Crippen LogP contribution in [0.2, 0.25) is 0 Å². The third-order valence-electron chi connectivity index (χ3n) is 6.02. The first-order chi connectivity index (χ1) is 17.9. The Morgan fingerprint density at radius 3 is 1.68 bits per heavy atom. The highest BCUT2D eigenvalue weighted by Gasteiger charge is 2.24. The van der Waals surface area contributed by atoms with Crippen LogP contribution in [0, 0.1) is 36.0 Å². The number of rotatable bonds is 6. The summed E-state index contributed by atoms with van der Waals surface area (Å²) in [6.07, 6.45) is -3.74. The zero-order valence-electron chi connectivity index (χ0n) is 19.9. The van der Waals surface area contributed by atoms with Gasteiger partial charge >= 0.3 is 6.18 Å². The Kier molecular flexibility index (Phi) is 7.71. The molecule has 0 saturated carbocycles. The standard InChI is InChI=1S/C30H20F8/c1-17-2-4-18(5-3-17)6-7-19-8-9-22(24(31)12-19)20-13-27(34)29(28(35)14-20)21-15-25(32)23(26(33)16-21)10-11-30(36,37)38/h2-5,8-16H,6-7H2,1H3/b11-10+. The smallest absolute Gasteiger partial charge is 0.206 e. The second-order valence-corrected chi connectivity index (χ2v) is 8.84. The summed E-state index contributed by atoms with van der Waals surface area (Å²) in [7, 11) is 0. The first-order valence-corrected chi connectivity index (χ1v) is 11.5. The van der Waals surface area contributed by atoms with E-state index in [1.807, 2.05) is 31.2 Å². The van der Waals surface area contributed by atoms with E-state index in [0.717, 1.165) is 23.3 Å². The highest BCUT2D eigenvalue weighted by molar-refractivity contribution is 5.73. The number of aryl methyl sites for hydroxylation is 3. The zero-order valence-corrected chi connectivity index (χ0v) is 19.9. The number of benzene rings is 4. The molecule has 0 radical (unpaired) electrons. The van der Waals surface area contributed by atoms with E-state index in [4.69, 9.17) is 0 Å². The van der Waals surface area contributed by atoms with Gasteiger partial charge in [0.25, 0.3) is 0 Å². The molecule has 196 valence electrons. The van der Waals surface area contributed by atoms with Crippen LogP contribution in [-0.2, 0) is 12.8 Å². The lowest BCUT2D eigenvalue weighted by atomic mass is 9.96. The molecule has 0 nitrogen and oxygen atoms in total. The molecule has 0 heterocycles. The lowest BCUT2D eigenvalue weighted by Crippen LogP contribution is -2.01. The van der Waals surface area contributed by atoms with Crippen LogP contribution in [0.25, 0.3) is 28.3 Å². The lowest BCUT2D eigenvalue weighted by molar-refractivity contribution is -0.0790. The van der Waals surface area contributed by atoms with Gasteiger partial charge in [-0.25, -0.2) is 22.0 Å². The van der Waals surface area contributed by atoms with Crippen molar-refractivity contribution >= 4 is 6.08 Å². The first kappa shape index (κ1) is 27.1. The normalized spacial score (nSPS) is 11.9. The van der Waals surface area contributed by atoms with E-state index in [-0.39, 0.29) is 23.3 Å². The maximum Gasteiger partial charge on any atom is 0.409 e. The highest BCUT2D eigenvalue weighted by atomic mass is 19.4. The van der Waals surface area contributed by atoms with Crippen LogP contribution in [0.3, 0.4) is 0 Å². The van der Waals surface area contributed by atoms with Gasteiger partial charge in [-0.05, 0) is 78.4 Å². The third-order valence-corrected chi connectivity index (χ3v) is 6.02. The quantitative estimate of drug-likeness (QED) is 0.217. The maximum absolute atomic E-state index is 14.9. The second-order valence-electron chi connectivity index (χ2n) is 8.84. The van der Waals surface area contributed by atoms with Gasteiger partial charge in [0.1, 0.15) is 29.1 Å². The Morgan fingerprint density at radius 1 is 0.605 bits per heavy atom. The van der Waals surface area contributed by atoms with Crippen LogP contribution in [0.1, 0.15) is 22.3 Å². The number of hydrogen-bond acceptors (Lipinski definition) is 0. The minimum absolute atomic E-state index is 0.0709. The van der Waals surface area contributed by atoms with Crippen LogP contribution in [-0.4, -0.2) is 6.18 Å². The fourth-order valence-corrected chi connectivity index (χ4v) is 4.06. The predicted octanol–water partition coefficient (Wildman–Crippen LogP) is 9.39. The van der Waals surface area contributed by atoms with E-state index < -0.39 is 52.0 Å². The van der Waals surface area contributed by atoms with Gasteiger partial charge in [-0.2, -0.15) is 13.2 Å². The number of hydrogen-bond donors (Lipinski definition) is 0. The van der Waals surface area contributed by atoms with E-state index in [1.54, 1.807) is 6.07 Å². The first-order valence-electron chi connectivity index (χ1n) is 11.5. The minimum atomic E-state index is -4.81. The van der Waals surface area contributed by atoms with Gasteiger partial charge < -0.3 is 0 Å². The van der Waals surface area contributed by atoms with E-state index in [1.165, 1.54) is 12.1 Å². The van der Waals surface area contributed by atoms with Crippen LogP contribution < -0.4 is 0 Å². The molecule has 4 rings (SSSR count). The molecule has 0 fully saturated rings. The Morgan fingerprint density at radius 2 is 1.13 bits per heavy atom. The Balaban J connectivity index is 1.60. The van der Waals surface area contributed by atoms with Crippen molar-refractivity contribution in [3.05, 3.63) is 124 Å². The van der Waals surface area contributed by atoms with Crippen LogP contribution in [0.4, 0.5) is 35.1 Å². The van der Waals surface area contributed by atoms with Crippen molar-refractivity contribution in [3.8, 4) is 22.3 Å². The summed E-state index contributed by atoms with van der Waals surface area (Å²) in [5, 5.41) is 0. The van der Waals surface area contributed by atoms with Gasteiger partial charge in [0.2, 0.25) is 0 Å². The molecule has 0 unspecified atom stereocenters. The van der Waals surface area contributed by atoms with E-state index >= 15 is 0 Å². The van der Waals surface area contributed by atoms with Gasteiger partial charge in [0, 0.05) is 17.2 Å². The van der Waals surface area contributed by atoms with Gasteiger partial charge in [-0.15, -0.1) is 0 Å². The van der Waals surface area contributed by atoms with Crippen molar-refractivity contribution in [3.63, 3.8) is 0 Å². The average Bonchev–Trinajstić information content (AvgIpc) is 2.82. The molecule has 0 aliphatic rings. The van der Waals surface area contributed by atoms with E-state index in [9.17, 15) is 35.1 Å². The molecule has 0 aromatic heterocycles. The van der Waals surface area contributed by atoms with Gasteiger partial charge in [-0.1, -0.05) is 42.0 Å². The van der Waals surface area contributed by atoms with Crippen molar-refractivity contribution in [1.82, 2.24) is 0 Å². The molecule has 0 bridgehead atoms. The SMILES string of the molecule is Cc1ccc(CCc2ccc(-c3cc(F)c(-c4cc(F)c(/C=C/C(F)(F)F)c(F)c4)c(F)c3)c(F)c2)cc1. The van der Waals surface area contributed by atoms with Crippen LogP contribution >= 0.6 is 0 Å². The third kappa shape index (κ3) is 6.30. The number of alkyl halides is 3. The summed E-state index contributed by atoms with van der Waals surface area (Å²) in [4.78, 5) is 0. The van der Waals surface area contributed by atoms with E-state index in [0.29, 0.717) is 30.5 Å². The molecule has 0 N–H and O–H groups in total. The van der Waals surface area contributed by atoms with Crippen LogP contribution in [0.5, 0.6) is 0 Å². The molecular weight excluding hydrogens is 512 g/mol. The zero-order chi connectivity index (χ0) is 27.6. The molecule has 4 aromatic carbocycles. The summed E-state index contributed by atoms with van der Waals surface area (Å²) >= 11 is 0. The summed E-state index contributed by atoms with van der Waals surface area (Å²) in [5.74, 6) is -6.01. The fourth-order valence-electron chi connectivity index (χ4n) is 4.06. The minimum Gasteiger partial charge on any atom is -0.206 e. The summed E-state index contributed by atoms with van der Waals surface area (Å²) < 4.78 is 110. The fraction of sp³-hybridized carbons (Fsp3) is 0.133. The monoisotopic (exact) mass is 532 g/mol. The molecule has 0 aliphatic heterocycles. The van der Waals surface area contributed by atoms with Crippen molar-refractivity contribution in [1.29, 1.82) is 0 Å². The second kappa shape index (κ2) is 10.8. The summed E-state index contributed by atoms with van der Waals surface area (Å²) in [6, 6.07) is 15.0. The Labute approximate surface area is 213 Å². The molecular formula is C30H20F8. The average molecular weight is 532 g/mol. The summed E-state index contributed by atoms with van der Waals surface area (Å²) in [6.45, 7) is 1.97. The van der Waals surface area contributed by atoms with Crippen molar-refractivity contribution in [2.45, 2.75) is 25.9 Å². The number of allylic oxidation sites excluding steroid dienone is 1. The molecule has 0 atom stereocenters. The Bertz CT molecular complexity index is 1450. The molecule has 0 aliphatic carbocycles. The molecule has 0 amide bonds. The molecule has 0 spiro atoms. The number of halogens is 8. The van der Waals surface area contributed by atoms with Crippen molar-refractivity contribution < 1.29 is 35.1 Å². The lowest BCUT2D eigenvalue weighted by Gasteiger charge is -2.12. The Hall–Kier alpha value is -3.94.